The predicted molar refractivity (Wildman–Crippen MR) is 205 cm³/mol. The summed E-state index contributed by atoms with van der Waals surface area (Å²) in [5, 5.41) is 8.85. The SMILES string of the molecule is C1=c2oc3ccccc3c2=CC(c2sc3ccccc3c2-c2ccc(-c3c4ccccc4c(-c4ccccc4)c4ccccc34)cc2)C1. The van der Waals surface area contributed by atoms with Crippen LogP contribution < -0.4 is 10.6 Å². The summed E-state index contributed by atoms with van der Waals surface area (Å²) >= 11 is 1.93. The molecule has 2 aromatic heterocycles. The maximum Gasteiger partial charge on any atom is 0.135 e. The number of para-hydroxylation sites is 1. The van der Waals surface area contributed by atoms with Gasteiger partial charge < -0.3 is 4.42 Å². The van der Waals surface area contributed by atoms with Gasteiger partial charge in [-0.15, -0.1) is 11.3 Å². The van der Waals surface area contributed by atoms with Crippen LogP contribution in [0.5, 0.6) is 0 Å². The molecule has 1 nitrogen and oxygen atoms in total. The Morgan fingerprint density at radius 2 is 0.958 bits per heavy atom. The van der Waals surface area contributed by atoms with Gasteiger partial charge in [-0.2, -0.15) is 0 Å². The Kier molecular flexibility index (Phi) is 6.25. The normalized spacial score (nSPS) is 14.3. The minimum absolute atomic E-state index is 0.281. The average molecular weight is 631 g/mol. The van der Waals surface area contributed by atoms with Crippen LogP contribution in [-0.2, 0) is 0 Å². The Labute approximate surface area is 282 Å². The van der Waals surface area contributed by atoms with Crippen molar-refractivity contribution in [3.8, 4) is 33.4 Å². The van der Waals surface area contributed by atoms with E-state index in [9.17, 15) is 0 Å². The van der Waals surface area contributed by atoms with Crippen molar-refractivity contribution < 1.29 is 4.42 Å². The summed E-state index contributed by atoms with van der Waals surface area (Å²) in [5.74, 6) is 0.281. The Morgan fingerprint density at radius 3 is 1.60 bits per heavy atom. The molecule has 48 heavy (non-hydrogen) atoms. The summed E-state index contributed by atoms with van der Waals surface area (Å²) in [7, 11) is 0. The third-order valence-corrected chi connectivity index (χ3v) is 11.3. The number of fused-ring (bicyclic) bond motifs is 6. The minimum atomic E-state index is 0.281. The van der Waals surface area contributed by atoms with Gasteiger partial charge in [-0.25, -0.2) is 0 Å². The molecule has 1 aliphatic rings. The van der Waals surface area contributed by atoms with E-state index in [4.69, 9.17) is 4.42 Å². The van der Waals surface area contributed by atoms with Gasteiger partial charge in [0.15, 0.2) is 0 Å². The maximum absolute atomic E-state index is 6.21. The molecule has 7 aromatic carbocycles. The van der Waals surface area contributed by atoms with Crippen LogP contribution >= 0.6 is 11.3 Å². The topological polar surface area (TPSA) is 13.1 Å². The molecule has 226 valence electrons. The Balaban J connectivity index is 1.15. The van der Waals surface area contributed by atoms with Crippen LogP contribution in [0, 0.1) is 0 Å². The predicted octanol–water partition coefficient (Wildman–Crippen LogP) is 11.7. The van der Waals surface area contributed by atoms with E-state index in [0.717, 1.165) is 17.4 Å². The molecule has 10 rings (SSSR count). The van der Waals surface area contributed by atoms with Crippen LogP contribution in [0.2, 0.25) is 0 Å². The smallest absolute Gasteiger partial charge is 0.135 e. The van der Waals surface area contributed by atoms with Crippen molar-refractivity contribution in [1.29, 1.82) is 0 Å². The molecule has 0 aliphatic heterocycles. The maximum atomic E-state index is 6.21. The fourth-order valence-electron chi connectivity index (χ4n) is 7.88. The van der Waals surface area contributed by atoms with E-state index in [2.05, 4.69) is 158 Å². The Hall–Kier alpha value is -5.70. The van der Waals surface area contributed by atoms with Crippen molar-refractivity contribution in [2.45, 2.75) is 12.3 Å². The molecule has 0 saturated carbocycles. The molecular formula is C46H30OS. The van der Waals surface area contributed by atoms with E-state index in [1.807, 2.05) is 17.4 Å². The number of hydrogen-bond donors (Lipinski definition) is 0. The largest absolute Gasteiger partial charge is 0.456 e. The second-order valence-corrected chi connectivity index (χ2v) is 13.8. The van der Waals surface area contributed by atoms with Crippen molar-refractivity contribution in [3.63, 3.8) is 0 Å². The molecule has 0 fully saturated rings. The summed E-state index contributed by atoms with van der Waals surface area (Å²) in [5.41, 5.74) is 9.63. The zero-order chi connectivity index (χ0) is 31.6. The van der Waals surface area contributed by atoms with Crippen LogP contribution in [-0.4, -0.2) is 0 Å². The lowest BCUT2D eigenvalue weighted by Gasteiger charge is -2.18. The van der Waals surface area contributed by atoms with Crippen molar-refractivity contribution in [2.75, 3.05) is 0 Å². The minimum Gasteiger partial charge on any atom is -0.456 e. The molecule has 0 bridgehead atoms. The van der Waals surface area contributed by atoms with E-state index in [1.54, 1.807) is 0 Å². The van der Waals surface area contributed by atoms with Crippen LogP contribution in [0.3, 0.4) is 0 Å². The van der Waals surface area contributed by atoms with Gasteiger partial charge in [0, 0.05) is 37.0 Å². The van der Waals surface area contributed by atoms with Gasteiger partial charge in [0.1, 0.15) is 11.0 Å². The van der Waals surface area contributed by atoms with Crippen molar-refractivity contribution in [2.24, 2.45) is 0 Å². The number of benzene rings is 7. The molecule has 2 heteroatoms. The molecule has 0 N–H and O–H groups in total. The van der Waals surface area contributed by atoms with Gasteiger partial charge in [0.2, 0.25) is 0 Å². The first-order chi connectivity index (χ1) is 23.8. The van der Waals surface area contributed by atoms with Crippen molar-refractivity contribution in [3.05, 3.63) is 167 Å². The Bertz CT molecular complexity index is 2740. The molecule has 0 radical (unpaired) electrons. The third kappa shape index (κ3) is 4.23. The molecule has 1 atom stereocenters. The second kappa shape index (κ2) is 10.9. The third-order valence-electron chi connectivity index (χ3n) is 10.0. The van der Waals surface area contributed by atoms with Crippen molar-refractivity contribution in [1.82, 2.24) is 0 Å². The van der Waals surface area contributed by atoms with Gasteiger partial charge in [0.25, 0.3) is 0 Å². The molecule has 0 spiro atoms. The standard InChI is InChI=1S/C46H30OS/c1-2-12-29(13-3-1)43-34-15-4-6-17-36(34)44(37-18-7-5-16-35(37)43)30-22-24-31(25-23-30)45-38-19-9-11-21-42(38)48-46(45)32-26-27-41-39(28-32)33-14-8-10-20-40(33)47-41/h1-25,27-28,32H,26H2. The highest BCUT2D eigenvalue weighted by molar-refractivity contribution is 7.19. The van der Waals surface area contributed by atoms with E-state index in [0.29, 0.717) is 0 Å². The first kappa shape index (κ1) is 27.4. The lowest BCUT2D eigenvalue weighted by molar-refractivity contribution is 0.570. The van der Waals surface area contributed by atoms with Crippen molar-refractivity contribution >= 4 is 66.1 Å². The molecule has 9 aromatic rings. The van der Waals surface area contributed by atoms with Crippen LogP contribution in [0.25, 0.3) is 88.1 Å². The van der Waals surface area contributed by atoms with E-state index in [1.165, 1.54) is 80.5 Å². The number of furan rings is 1. The molecule has 2 heterocycles. The van der Waals surface area contributed by atoms with Crippen LogP contribution in [0.1, 0.15) is 17.2 Å². The first-order valence-electron chi connectivity index (χ1n) is 16.6. The van der Waals surface area contributed by atoms with E-state index in [-0.39, 0.29) is 5.92 Å². The van der Waals surface area contributed by atoms with Gasteiger partial charge >= 0.3 is 0 Å². The molecular weight excluding hydrogens is 601 g/mol. The van der Waals surface area contributed by atoms with Gasteiger partial charge in [-0.1, -0.05) is 146 Å². The van der Waals surface area contributed by atoms with E-state index >= 15 is 0 Å². The van der Waals surface area contributed by atoms with Crippen LogP contribution in [0.4, 0.5) is 0 Å². The second-order valence-electron chi connectivity index (χ2n) is 12.7. The summed E-state index contributed by atoms with van der Waals surface area (Å²) in [4.78, 5) is 1.42. The zero-order valence-electron chi connectivity index (χ0n) is 26.2. The molecule has 1 unspecified atom stereocenters. The number of rotatable bonds is 4. The monoisotopic (exact) mass is 630 g/mol. The van der Waals surface area contributed by atoms with Gasteiger partial charge in [-0.05, 0) is 74.0 Å². The first-order valence-corrected chi connectivity index (χ1v) is 17.4. The van der Waals surface area contributed by atoms with E-state index < -0.39 is 0 Å². The summed E-state index contributed by atoms with van der Waals surface area (Å²) in [6.45, 7) is 0. The number of thiophene rings is 1. The molecule has 1 aliphatic carbocycles. The quantitative estimate of drug-likeness (QED) is 0.176. The Morgan fingerprint density at radius 1 is 0.458 bits per heavy atom. The van der Waals surface area contributed by atoms with Gasteiger partial charge in [0.05, 0.1) is 0 Å². The fourth-order valence-corrected chi connectivity index (χ4v) is 9.18. The summed E-state index contributed by atoms with van der Waals surface area (Å²) in [6.07, 6.45) is 5.65. The molecule has 0 amide bonds. The number of hydrogen-bond acceptors (Lipinski definition) is 2. The highest BCUT2D eigenvalue weighted by Gasteiger charge is 2.23. The highest BCUT2D eigenvalue weighted by Crippen LogP contribution is 2.47. The zero-order valence-corrected chi connectivity index (χ0v) is 27.0. The lowest BCUT2D eigenvalue weighted by atomic mass is 9.85. The average Bonchev–Trinajstić information content (AvgIpc) is 3.73. The summed E-state index contributed by atoms with van der Waals surface area (Å²) in [6, 6.07) is 55.2. The molecule has 0 saturated heterocycles. The van der Waals surface area contributed by atoms with Crippen LogP contribution in [0.15, 0.2) is 156 Å². The summed E-state index contributed by atoms with van der Waals surface area (Å²) < 4.78 is 7.54. The lowest BCUT2D eigenvalue weighted by Crippen LogP contribution is -2.24. The fraction of sp³-hybridized carbons (Fsp3) is 0.0435. The van der Waals surface area contributed by atoms with Gasteiger partial charge in [-0.3, -0.25) is 0 Å². The highest BCUT2D eigenvalue weighted by atomic mass is 32.1.